The molecule has 2 fully saturated rings. The summed E-state index contributed by atoms with van der Waals surface area (Å²) in [6.45, 7) is 2.90. The zero-order chi connectivity index (χ0) is 11.7. The molecule has 2 rings (SSSR count). The average Bonchev–Trinajstić information content (AvgIpc) is 2.75. The fourth-order valence-electron chi connectivity index (χ4n) is 2.38. The third-order valence-corrected chi connectivity index (χ3v) is 3.31. The van der Waals surface area contributed by atoms with Crippen LogP contribution in [-0.4, -0.2) is 47.2 Å². The summed E-state index contributed by atoms with van der Waals surface area (Å²) in [5.41, 5.74) is 0. The van der Waals surface area contributed by atoms with Gasteiger partial charge >= 0.3 is 5.97 Å². The van der Waals surface area contributed by atoms with E-state index in [4.69, 9.17) is 9.84 Å². The highest BCUT2D eigenvalue weighted by Crippen LogP contribution is 2.23. The molecule has 16 heavy (non-hydrogen) atoms. The quantitative estimate of drug-likeness (QED) is 0.761. The highest BCUT2D eigenvalue weighted by atomic mass is 16.5. The zero-order valence-electron chi connectivity index (χ0n) is 9.39. The van der Waals surface area contributed by atoms with Crippen LogP contribution in [0.25, 0.3) is 0 Å². The van der Waals surface area contributed by atoms with Crippen LogP contribution in [0, 0.1) is 5.92 Å². The molecule has 2 aliphatic rings. The Hall–Kier alpha value is -1.10. The molecule has 5 nitrogen and oxygen atoms in total. The Morgan fingerprint density at radius 3 is 2.81 bits per heavy atom. The second kappa shape index (κ2) is 4.41. The topological polar surface area (TPSA) is 66.8 Å². The number of carboxylic acids is 1. The van der Waals surface area contributed by atoms with E-state index in [1.54, 1.807) is 4.90 Å². The maximum absolute atomic E-state index is 11.6. The molecule has 0 bridgehead atoms. The van der Waals surface area contributed by atoms with Crippen LogP contribution in [-0.2, 0) is 14.3 Å². The van der Waals surface area contributed by atoms with Crippen molar-refractivity contribution in [1.82, 2.24) is 4.90 Å². The maximum atomic E-state index is 11.6. The zero-order valence-corrected chi connectivity index (χ0v) is 9.39. The van der Waals surface area contributed by atoms with Gasteiger partial charge in [-0.3, -0.25) is 9.59 Å². The first-order valence-electron chi connectivity index (χ1n) is 5.72. The van der Waals surface area contributed by atoms with Crippen LogP contribution >= 0.6 is 0 Å². The van der Waals surface area contributed by atoms with E-state index in [1.807, 2.05) is 6.92 Å². The highest BCUT2D eigenvalue weighted by Gasteiger charge is 2.36. The summed E-state index contributed by atoms with van der Waals surface area (Å²) < 4.78 is 5.63. The molecular weight excluding hydrogens is 210 g/mol. The van der Waals surface area contributed by atoms with Crippen molar-refractivity contribution >= 4 is 11.9 Å². The lowest BCUT2D eigenvalue weighted by atomic mass is 10.1. The molecule has 0 aliphatic carbocycles. The minimum Gasteiger partial charge on any atom is -0.481 e. The van der Waals surface area contributed by atoms with Crippen molar-refractivity contribution in [1.29, 1.82) is 0 Å². The smallest absolute Gasteiger partial charge is 0.308 e. The van der Waals surface area contributed by atoms with Crippen molar-refractivity contribution in [3.63, 3.8) is 0 Å². The number of carboxylic acid groups (broad SMARTS) is 1. The molecule has 1 amide bonds. The van der Waals surface area contributed by atoms with E-state index >= 15 is 0 Å². The first-order chi connectivity index (χ1) is 7.56. The van der Waals surface area contributed by atoms with Crippen molar-refractivity contribution in [3.8, 4) is 0 Å². The number of nitrogens with zero attached hydrogens (tertiary/aromatic N) is 1. The highest BCUT2D eigenvalue weighted by molar-refractivity contribution is 5.86. The van der Waals surface area contributed by atoms with Gasteiger partial charge in [-0.05, 0) is 19.8 Å². The Morgan fingerprint density at radius 1 is 1.56 bits per heavy atom. The number of likely N-dealkylation sites (tertiary alicyclic amines) is 1. The summed E-state index contributed by atoms with van der Waals surface area (Å²) in [7, 11) is 0. The predicted molar refractivity (Wildman–Crippen MR) is 55.9 cm³/mol. The molecule has 3 atom stereocenters. The number of rotatable bonds is 3. The Labute approximate surface area is 94.4 Å². The van der Waals surface area contributed by atoms with Crippen LogP contribution < -0.4 is 0 Å². The van der Waals surface area contributed by atoms with Gasteiger partial charge in [-0.2, -0.15) is 0 Å². The Balaban J connectivity index is 1.86. The molecular formula is C11H17NO4. The Kier molecular flexibility index (Phi) is 3.14. The molecule has 0 aromatic carbocycles. The summed E-state index contributed by atoms with van der Waals surface area (Å²) in [4.78, 5) is 24.0. The molecule has 1 N–H and O–H groups in total. The van der Waals surface area contributed by atoms with Gasteiger partial charge in [0.05, 0.1) is 18.1 Å². The fourth-order valence-corrected chi connectivity index (χ4v) is 2.38. The molecule has 90 valence electrons. The van der Waals surface area contributed by atoms with E-state index in [0.29, 0.717) is 13.1 Å². The van der Waals surface area contributed by atoms with Gasteiger partial charge in [-0.15, -0.1) is 0 Å². The molecule has 3 unspecified atom stereocenters. The van der Waals surface area contributed by atoms with Gasteiger partial charge in [-0.1, -0.05) is 0 Å². The predicted octanol–water partition coefficient (Wildman–Crippen LogP) is 0.487. The van der Waals surface area contributed by atoms with Gasteiger partial charge in [0, 0.05) is 19.5 Å². The largest absolute Gasteiger partial charge is 0.481 e. The van der Waals surface area contributed by atoms with Gasteiger partial charge in [0.1, 0.15) is 0 Å². The van der Waals surface area contributed by atoms with E-state index in [9.17, 15) is 9.59 Å². The van der Waals surface area contributed by atoms with Gasteiger partial charge < -0.3 is 14.7 Å². The summed E-state index contributed by atoms with van der Waals surface area (Å²) in [5, 5.41) is 8.84. The van der Waals surface area contributed by atoms with Gasteiger partial charge in [-0.25, -0.2) is 0 Å². The van der Waals surface area contributed by atoms with Crippen molar-refractivity contribution < 1.29 is 19.4 Å². The Morgan fingerprint density at radius 2 is 2.31 bits per heavy atom. The van der Waals surface area contributed by atoms with E-state index < -0.39 is 11.9 Å². The van der Waals surface area contributed by atoms with Crippen LogP contribution in [0.5, 0.6) is 0 Å². The van der Waals surface area contributed by atoms with Crippen LogP contribution in [0.4, 0.5) is 0 Å². The normalized spacial score (nSPS) is 34.7. The molecule has 0 radical (unpaired) electrons. The Bertz CT molecular complexity index is 304. The van der Waals surface area contributed by atoms with Crippen LogP contribution in [0.15, 0.2) is 0 Å². The SMILES string of the molecule is CC1CCC(CN2CC(C(=O)O)CC2=O)O1. The number of amides is 1. The van der Waals surface area contributed by atoms with Gasteiger partial charge in [0.25, 0.3) is 0 Å². The summed E-state index contributed by atoms with van der Waals surface area (Å²) in [6.07, 6.45) is 2.47. The van der Waals surface area contributed by atoms with Crippen molar-refractivity contribution in [2.75, 3.05) is 13.1 Å². The fraction of sp³-hybridized carbons (Fsp3) is 0.818. The minimum atomic E-state index is -0.878. The molecule has 0 aromatic rings. The molecule has 2 heterocycles. The van der Waals surface area contributed by atoms with Crippen molar-refractivity contribution in [3.05, 3.63) is 0 Å². The maximum Gasteiger partial charge on any atom is 0.308 e. The summed E-state index contributed by atoms with van der Waals surface area (Å²) in [5.74, 6) is -1.47. The second-order valence-corrected chi connectivity index (χ2v) is 4.68. The van der Waals surface area contributed by atoms with Gasteiger partial charge in [0.15, 0.2) is 0 Å². The van der Waals surface area contributed by atoms with Crippen molar-refractivity contribution in [2.45, 2.75) is 38.4 Å². The number of aliphatic carboxylic acids is 1. The standard InChI is InChI=1S/C11H17NO4/c1-7-2-3-9(16-7)6-12-5-8(11(14)15)4-10(12)13/h7-9H,2-6H2,1H3,(H,14,15). The third-order valence-electron chi connectivity index (χ3n) is 3.31. The first kappa shape index (κ1) is 11.4. The minimum absolute atomic E-state index is 0.0597. The molecule has 0 spiro atoms. The lowest BCUT2D eigenvalue weighted by molar-refractivity contribution is -0.141. The van der Waals surface area contributed by atoms with Crippen LogP contribution in [0.2, 0.25) is 0 Å². The van der Waals surface area contributed by atoms with E-state index in [2.05, 4.69) is 0 Å². The molecule has 0 saturated carbocycles. The number of carbonyl (C=O) groups is 2. The number of hydrogen-bond acceptors (Lipinski definition) is 3. The lowest BCUT2D eigenvalue weighted by Crippen LogP contribution is -2.34. The van der Waals surface area contributed by atoms with Gasteiger partial charge in [0.2, 0.25) is 5.91 Å². The van der Waals surface area contributed by atoms with Crippen LogP contribution in [0.1, 0.15) is 26.2 Å². The van der Waals surface area contributed by atoms with Crippen LogP contribution in [0.3, 0.4) is 0 Å². The van der Waals surface area contributed by atoms with E-state index in [-0.39, 0.29) is 24.5 Å². The molecule has 2 saturated heterocycles. The molecule has 5 heteroatoms. The summed E-state index contributed by atoms with van der Waals surface area (Å²) in [6, 6.07) is 0. The summed E-state index contributed by atoms with van der Waals surface area (Å²) >= 11 is 0. The second-order valence-electron chi connectivity index (χ2n) is 4.68. The average molecular weight is 227 g/mol. The number of hydrogen-bond donors (Lipinski definition) is 1. The third kappa shape index (κ3) is 2.35. The molecule has 2 aliphatic heterocycles. The van der Waals surface area contributed by atoms with E-state index in [0.717, 1.165) is 12.8 Å². The number of carbonyl (C=O) groups excluding carboxylic acids is 1. The van der Waals surface area contributed by atoms with Crippen molar-refractivity contribution in [2.24, 2.45) is 5.92 Å². The first-order valence-corrected chi connectivity index (χ1v) is 5.72. The molecule has 0 aromatic heterocycles. The number of ether oxygens (including phenoxy) is 1. The monoisotopic (exact) mass is 227 g/mol. The lowest BCUT2D eigenvalue weighted by Gasteiger charge is -2.20. The van der Waals surface area contributed by atoms with E-state index in [1.165, 1.54) is 0 Å².